The van der Waals surface area contributed by atoms with Crippen molar-refractivity contribution in [2.45, 2.75) is 44.4 Å². The van der Waals surface area contributed by atoms with Crippen molar-refractivity contribution in [1.82, 2.24) is 10.2 Å². The van der Waals surface area contributed by atoms with Gasteiger partial charge in [-0.05, 0) is 37.5 Å². The summed E-state index contributed by atoms with van der Waals surface area (Å²) in [5.74, 6) is 1.33. The Hall–Kier alpha value is -0.990. The van der Waals surface area contributed by atoms with Crippen LogP contribution in [-0.4, -0.2) is 10.2 Å². The third kappa shape index (κ3) is 1.31. The van der Waals surface area contributed by atoms with Crippen LogP contribution in [0.1, 0.15) is 50.1 Å². The Kier molecular flexibility index (Phi) is 1.64. The molecule has 2 fully saturated rings. The van der Waals surface area contributed by atoms with Crippen LogP contribution in [0, 0.1) is 5.41 Å². The second-order valence-corrected chi connectivity index (χ2v) is 5.04. The molecule has 3 heteroatoms. The Morgan fingerprint density at radius 2 is 2.29 bits per heavy atom. The summed E-state index contributed by atoms with van der Waals surface area (Å²) in [5.41, 5.74) is 7.61. The van der Waals surface area contributed by atoms with E-state index in [0.29, 0.717) is 11.7 Å². The van der Waals surface area contributed by atoms with Crippen molar-refractivity contribution in [2.24, 2.45) is 5.41 Å². The van der Waals surface area contributed by atoms with Crippen LogP contribution in [0.15, 0.2) is 6.07 Å². The van der Waals surface area contributed by atoms with Crippen molar-refractivity contribution in [2.75, 3.05) is 5.73 Å². The van der Waals surface area contributed by atoms with Crippen LogP contribution in [0.3, 0.4) is 0 Å². The summed E-state index contributed by atoms with van der Waals surface area (Å²) in [4.78, 5) is 0. The lowest BCUT2D eigenvalue weighted by Gasteiger charge is -2.28. The Bertz CT molecular complexity index is 338. The molecular formula is C11H17N3. The Morgan fingerprint density at radius 1 is 1.43 bits per heavy atom. The molecule has 0 radical (unpaired) electrons. The SMILES string of the molecule is Nc1cc(C2CCCC3(CC3)C2)[nH]n1. The number of H-pyrrole nitrogens is 1. The number of rotatable bonds is 1. The van der Waals surface area contributed by atoms with Crippen LogP contribution in [0.25, 0.3) is 0 Å². The molecule has 2 aliphatic carbocycles. The summed E-state index contributed by atoms with van der Waals surface area (Å²) in [5, 5.41) is 7.08. The van der Waals surface area contributed by atoms with Gasteiger partial charge in [-0.1, -0.05) is 6.42 Å². The Balaban J connectivity index is 1.78. The molecule has 1 spiro atoms. The first kappa shape index (κ1) is 8.33. The summed E-state index contributed by atoms with van der Waals surface area (Å²) in [6.07, 6.45) is 8.40. The van der Waals surface area contributed by atoms with E-state index in [-0.39, 0.29) is 0 Å². The van der Waals surface area contributed by atoms with Crippen LogP contribution in [-0.2, 0) is 0 Å². The Morgan fingerprint density at radius 3 is 2.93 bits per heavy atom. The highest BCUT2D eigenvalue weighted by Crippen LogP contribution is 2.59. The summed E-state index contributed by atoms with van der Waals surface area (Å²) in [6.45, 7) is 0. The van der Waals surface area contributed by atoms with Crippen molar-refractivity contribution < 1.29 is 0 Å². The number of nitrogens with zero attached hydrogens (tertiary/aromatic N) is 1. The molecular weight excluding hydrogens is 174 g/mol. The van der Waals surface area contributed by atoms with Crippen LogP contribution in [0.2, 0.25) is 0 Å². The van der Waals surface area contributed by atoms with Crippen molar-refractivity contribution in [3.8, 4) is 0 Å². The molecule has 3 nitrogen and oxygen atoms in total. The normalized spacial score (nSPS) is 29.3. The number of nitrogens with two attached hydrogens (primary N) is 1. The maximum Gasteiger partial charge on any atom is 0.145 e. The molecule has 2 saturated carbocycles. The first-order valence-corrected chi connectivity index (χ1v) is 5.58. The zero-order valence-corrected chi connectivity index (χ0v) is 8.42. The van der Waals surface area contributed by atoms with Crippen LogP contribution in [0.5, 0.6) is 0 Å². The molecule has 2 aliphatic rings. The lowest BCUT2D eigenvalue weighted by molar-refractivity contribution is 0.298. The minimum absolute atomic E-state index is 0.635. The minimum atomic E-state index is 0.635. The van der Waals surface area contributed by atoms with Gasteiger partial charge in [-0.2, -0.15) is 5.10 Å². The number of nitrogens with one attached hydrogen (secondary N) is 1. The predicted molar refractivity (Wildman–Crippen MR) is 55.9 cm³/mol. The Labute approximate surface area is 84.1 Å². The molecule has 1 aromatic rings. The van der Waals surface area contributed by atoms with Gasteiger partial charge in [0, 0.05) is 17.7 Å². The zero-order chi connectivity index (χ0) is 9.60. The highest BCUT2D eigenvalue weighted by Gasteiger charge is 2.46. The number of nitrogen functional groups attached to an aromatic ring is 1. The average molecular weight is 191 g/mol. The van der Waals surface area contributed by atoms with Crippen molar-refractivity contribution >= 4 is 5.82 Å². The fraction of sp³-hybridized carbons (Fsp3) is 0.727. The van der Waals surface area contributed by atoms with E-state index in [2.05, 4.69) is 10.2 Å². The number of hydrogen-bond donors (Lipinski definition) is 2. The van der Waals surface area contributed by atoms with Crippen molar-refractivity contribution in [3.05, 3.63) is 11.8 Å². The molecule has 1 unspecified atom stereocenters. The van der Waals surface area contributed by atoms with Crippen LogP contribution >= 0.6 is 0 Å². The molecule has 3 rings (SSSR count). The molecule has 0 amide bonds. The van der Waals surface area contributed by atoms with Gasteiger partial charge in [0.1, 0.15) is 5.82 Å². The van der Waals surface area contributed by atoms with E-state index in [0.717, 1.165) is 5.41 Å². The second-order valence-electron chi connectivity index (χ2n) is 5.04. The van der Waals surface area contributed by atoms with Gasteiger partial charge in [-0.3, -0.25) is 5.10 Å². The van der Waals surface area contributed by atoms with Gasteiger partial charge < -0.3 is 5.73 Å². The quantitative estimate of drug-likeness (QED) is 0.716. The fourth-order valence-electron chi connectivity index (χ4n) is 2.91. The molecule has 14 heavy (non-hydrogen) atoms. The molecule has 0 saturated heterocycles. The lowest BCUT2D eigenvalue weighted by atomic mass is 9.78. The summed E-state index contributed by atoms with van der Waals surface area (Å²) in [6, 6.07) is 2.01. The molecule has 1 heterocycles. The van der Waals surface area contributed by atoms with E-state index in [1.807, 2.05) is 6.07 Å². The summed E-state index contributed by atoms with van der Waals surface area (Å²) >= 11 is 0. The van der Waals surface area contributed by atoms with Crippen LogP contribution in [0.4, 0.5) is 5.82 Å². The fourth-order valence-corrected chi connectivity index (χ4v) is 2.91. The molecule has 1 atom stereocenters. The average Bonchev–Trinajstić information content (AvgIpc) is 2.78. The molecule has 1 aromatic heterocycles. The molecule has 3 N–H and O–H groups in total. The maximum absolute atomic E-state index is 5.63. The number of aromatic nitrogens is 2. The largest absolute Gasteiger partial charge is 0.382 e. The first-order chi connectivity index (χ1) is 6.77. The van der Waals surface area contributed by atoms with Crippen molar-refractivity contribution in [3.63, 3.8) is 0 Å². The molecule has 0 aliphatic heterocycles. The van der Waals surface area contributed by atoms with Gasteiger partial charge in [0.15, 0.2) is 0 Å². The van der Waals surface area contributed by atoms with Crippen LogP contribution < -0.4 is 5.73 Å². The topological polar surface area (TPSA) is 54.7 Å². The summed E-state index contributed by atoms with van der Waals surface area (Å²) < 4.78 is 0. The van der Waals surface area contributed by atoms with Gasteiger partial charge in [-0.15, -0.1) is 0 Å². The molecule has 0 bridgehead atoms. The summed E-state index contributed by atoms with van der Waals surface area (Å²) in [7, 11) is 0. The van der Waals surface area contributed by atoms with E-state index in [1.54, 1.807) is 0 Å². The lowest BCUT2D eigenvalue weighted by Crippen LogP contribution is -2.15. The zero-order valence-electron chi connectivity index (χ0n) is 8.42. The first-order valence-electron chi connectivity index (χ1n) is 5.58. The number of anilines is 1. The van der Waals surface area contributed by atoms with Gasteiger partial charge >= 0.3 is 0 Å². The number of hydrogen-bond acceptors (Lipinski definition) is 2. The third-order valence-electron chi connectivity index (χ3n) is 3.95. The third-order valence-corrected chi connectivity index (χ3v) is 3.95. The molecule has 76 valence electrons. The van der Waals surface area contributed by atoms with E-state index < -0.39 is 0 Å². The van der Waals surface area contributed by atoms with Gasteiger partial charge in [-0.25, -0.2) is 0 Å². The van der Waals surface area contributed by atoms with E-state index >= 15 is 0 Å². The van der Waals surface area contributed by atoms with Gasteiger partial charge in [0.05, 0.1) is 0 Å². The predicted octanol–water partition coefficient (Wildman–Crippen LogP) is 2.43. The molecule has 0 aromatic carbocycles. The highest BCUT2D eigenvalue weighted by molar-refractivity contribution is 5.30. The standard InChI is InChI=1S/C11H17N3/c12-10-6-9(13-14-10)8-2-1-3-11(7-8)4-5-11/h6,8H,1-5,7H2,(H3,12,13,14). The van der Waals surface area contributed by atoms with Gasteiger partial charge in [0.25, 0.3) is 0 Å². The van der Waals surface area contributed by atoms with E-state index in [9.17, 15) is 0 Å². The van der Waals surface area contributed by atoms with Crippen molar-refractivity contribution in [1.29, 1.82) is 0 Å². The number of aromatic amines is 1. The monoisotopic (exact) mass is 191 g/mol. The smallest absolute Gasteiger partial charge is 0.145 e. The van der Waals surface area contributed by atoms with Gasteiger partial charge in [0.2, 0.25) is 0 Å². The minimum Gasteiger partial charge on any atom is -0.382 e. The van der Waals surface area contributed by atoms with E-state index in [4.69, 9.17) is 5.73 Å². The second kappa shape index (κ2) is 2.75. The maximum atomic E-state index is 5.63. The highest BCUT2D eigenvalue weighted by atomic mass is 15.2. The van der Waals surface area contributed by atoms with E-state index in [1.165, 1.54) is 44.2 Å².